The van der Waals surface area contributed by atoms with Gasteiger partial charge in [0.1, 0.15) is 6.67 Å². The van der Waals surface area contributed by atoms with E-state index in [0.29, 0.717) is 23.7 Å². The molecule has 3 aromatic carbocycles. The van der Waals surface area contributed by atoms with Crippen LogP contribution >= 0.6 is 0 Å². The van der Waals surface area contributed by atoms with Gasteiger partial charge in [-0.25, -0.2) is 0 Å². The third-order valence-electron chi connectivity index (χ3n) is 7.41. The molecule has 40 heavy (non-hydrogen) atoms. The van der Waals surface area contributed by atoms with Gasteiger partial charge in [-0.15, -0.1) is 0 Å². The number of hydrogen-bond donors (Lipinski definition) is 0. The van der Waals surface area contributed by atoms with Gasteiger partial charge in [0.15, 0.2) is 0 Å². The Hall–Kier alpha value is -2.53. The van der Waals surface area contributed by atoms with Crippen LogP contribution in [0.5, 0.6) is 0 Å². The smallest absolute Gasteiger partial charge is 0.545 e. The average Bonchev–Trinajstić information content (AvgIpc) is 3.38. The maximum absolute atomic E-state index is 10.2. The molecule has 0 spiro atoms. The van der Waals surface area contributed by atoms with E-state index in [0.717, 1.165) is 18.7 Å². The minimum absolute atomic E-state index is 0. The Balaban J connectivity index is 0.000000431. The van der Waals surface area contributed by atoms with Crippen LogP contribution in [0, 0.1) is 13.6 Å². The maximum atomic E-state index is 10.2. The molecule has 1 fully saturated rings. The standard InChI is InChI=1S/C27H39N2.C8H8O2.Ag/c1-18(2)22-11-9-12-23(19(3)4)26(22)28-15-16-29(17-28)27-24(20(5)6)13-10-14-25(27)21(7)8;1-6-2-4-7(5-3-6)8(9)10;/h9-14,17-21H,15-16H2,1-8H3;2-5H,1H3,(H,9,10);/q;;+1/p-1. The molecule has 1 heterocycles. The summed E-state index contributed by atoms with van der Waals surface area (Å²) >= 11 is 0. The minimum Gasteiger partial charge on any atom is -0.545 e. The van der Waals surface area contributed by atoms with Crippen molar-refractivity contribution in [2.45, 2.75) is 86.0 Å². The van der Waals surface area contributed by atoms with E-state index in [1.807, 2.05) is 6.92 Å². The van der Waals surface area contributed by atoms with Crippen molar-refractivity contribution in [3.05, 3.63) is 101 Å². The van der Waals surface area contributed by atoms with Gasteiger partial charge in [-0.1, -0.05) is 122 Å². The van der Waals surface area contributed by atoms with E-state index in [1.54, 1.807) is 12.1 Å². The third-order valence-corrected chi connectivity index (χ3v) is 7.41. The second-order valence-corrected chi connectivity index (χ2v) is 11.8. The van der Waals surface area contributed by atoms with E-state index in [-0.39, 0.29) is 27.9 Å². The van der Waals surface area contributed by atoms with E-state index in [9.17, 15) is 9.90 Å². The molecule has 1 aliphatic rings. The number of aryl methyl sites for hydroxylation is 1. The summed E-state index contributed by atoms with van der Waals surface area (Å²) in [5, 5.41) is 10.2. The number of nitrogens with zero attached hydrogens (tertiary/aromatic N) is 2. The van der Waals surface area contributed by atoms with Gasteiger partial charge in [-0.2, -0.15) is 0 Å². The summed E-state index contributed by atoms with van der Waals surface area (Å²) in [5.74, 6) is 0.932. The van der Waals surface area contributed by atoms with Crippen LogP contribution in [-0.4, -0.2) is 19.1 Å². The van der Waals surface area contributed by atoms with Crippen LogP contribution < -0.4 is 14.9 Å². The van der Waals surface area contributed by atoms with Crippen molar-refractivity contribution in [1.29, 1.82) is 0 Å². The molecular formula is C35H46AgN2O2. The molecule has 219 valence electrons. The first-order chi connectivity index (χ1) is 18.4. The predicted molar refractivity (Wildman–Crippen MR) is 164 cm³/mol. The number of carbonyl (C=O) groups is 1. The molecule has 0 aromatic heterocycles. The molecule has 0 aliphatic carbocycles. The fourth-order valence-electron chi connectivity index (χ4n) is 5.21. The fourth-order valence-corrected chi connectivity index (χ4v) is 5.21. The van der Waals surface area contributed by atoms with Crippen molar-refractivity contribution in [2.24, 2.45) is 0 Å². The Labute approximate surface area is 258 Å². The van der Waals surface area contributed by atoms with Crippen LogP contribution in [0.3, 0.4) is 0 Å². The van der Waals surface area contributed by atoms with E-state index in [1.165, 1.54) is 45.8 Å². The van der Waals surface area contributed by atoms with E-state index < -0.39 is 5.97 Å². The zero-order valence-corrected chi connectivity index (χ0v) is 27.1. The number of benzene rings is 3. The van der Waals surface area contributed by atoms with Gasteiger partial charge < -0.3 is 19.7 Å². The van der Waals surface area contributed by atoms with Gasteiger partial charge in [0.05, 0.1) is 5.97 Å². The molecule has 4 rings (SSSR count). The van der Waals surface area contributed by atoms with Crippen molar-refractivity contribution in [3.8, 4) is 0 Å². The average molecular weight is 635 g/mol. The SMILES string of the molecule is CC(C)c1cccc(C(C)C)c1N1[CH]N(c2c(C(C)C)cccc2C(C)C)CC1.Cc1ccc(C(=O)[O-])cc1.[Ag+]. The largest absolute Gasteiger partial charge is 1.00 e. The van der Waals surface area contributed by atoms with Crippen LogP contribution in [0.4, 0.5) is 11.4 Å². The Morgan fingerprint density at radius 3 is 1.23 bits per heavy atom. The van der Waals surface area contributed by atoms with E-state index in [2.05, 4.69) is 108 Å². The predicted octanol–water partition coefficient (Wildman–Crippen LogP) is 7.98. The number of anilines is 2. The molecule has 5 heteroatoms. The molecule has 0 bridgehead atoms. The van der Waals surface area contributed by atoms with Gasteiger partial charge in [0, 0.05) is 24.5 Å². The van der Waals surface area contributed by atoms with Crippen molar-refractivity contribution >= 4 is 17.3 Å². The van der Waals surface area contributed by atoms with Gasteiger partial charge in [-0.05, 0) is 58.4 Å². The summed E-state index contributed by atoms with van der Waals surface area (Å²) in [6.07, 6.45) is 0. The quantitative estimate of drug-likeness (QED) is 0.247. The summed E-state index contributed by atoms with van der Waals surface area (Å²) in [6, 6.07) is 20.2. The Kier molecular flexibility index (Phi) is 12.6. The Bertz CT molecular complexity index is 1130. The van der Waals surface area contributed by atoms with Crippen LogP contribution in [0.25, 0.3) is 0 Å². The van der Waals surface area contributed by atoms with Crippen LogP contribution in [-0.2, 0) is 22.4 Å². The zero-order chi connectivity index (χ0) is 28.9. The fraction of sp³-hybridized carbons (Fsp3) is 0.429. The minimum atomic E-state index is -1.12. The Morgan fingerprint density at radius 1 is 0.625 bits per heavy atom. The molecular weight excluding hydrogens is 588 g/mol. The van der Waals surface area contributed by atoms with Gasteiger partial charge in [0.2, 0.25) is 0 Å². The normalized spacial score (nSPS) is 13.1. The van der Waals surface area contributed by atoms with E-state index in [4.69, 9.17) is 0 Å². The summed E-state index contributed by atoms with van der Waals surface area (Å²) in [6.45, 7) is 24.8. The number of para-hydroxylation sites is 2. The summed E-state index contributed by atoms with van der Waals surface area (Å²) in [7, 11) is 0. The molecule has 1 saturated heterocycles. The molecule has 1 aliphatic heterocycles. The summed E-state index contributed by atoms with van der Waals surface area (Å²) < 4.78 is 0. The molecule has 4 nitrogen and oxygen atoms in total. The summed E-state index contributed by atoms with van der Waals surface area (Å²) in [4.78, 5) is 15.2. The second-order valence-electron chi connectivity index (χ2n) is 11.8. The molecule has 3 aromatic rings. The molecule has 0 unspecified atom stereocenters. The first-order valence-corrected chi connectivity index (χ1v) is 14.3. The van der Waals surface area contributed by atoms with Crippen molar-refractivity contribution in [2.75, 3.05) is 22.9 Å². The second kappa shape index (κ2) is 14.9. The van der Waals surface area contributed by atoms with Crippen LogP contribution in [0.2, 0.25) is 0 Å². The molecule has 1 radical (unpaired) electrons. The molecule has 0 saturated carbocycles. The zero-order valence-electron chi connectivity index (χ0n) is 25.6. The number of rotatable bonds is 7. The van der Waals surface area contributed by atoms with Crippen molar-refractivity contribution < 1.29 is 32.3 Å². The first kappa shape index (κ1) is 33.7. The van der Waals surface area contributed by atoms with Crippen LogP contribution in [0.15, 0.2) is 60.7 Å². The molecule has 0 N–H and O–H groups in total. The number of carboxylic acids is 1. The van der Waals surface area contributed by atoms with Crippen molar-refractivity contribution in [1.82, 2.24) is 0 Å². The van der Waals surface area contributed by atoms with Gasteiger partial charge in [0.25, 0.3) is 0 Å². The monoisotopic (exact) mass is 633 g/mol. The first-order valence-electron chi connectivity index (χ1n) is 14.3. The molecule has 0 amide bonds. The maximum Gasteiger partial charge on any atom is 1.00 e. The Morgan fingerprint density at radius 2 is 0.950 bits per heavy atom. The van der Waals surface area contributed by atoms with Crippen molar-refractivity contribution in [3.63, 3.8) is 0 Å². The summed E-state index contributed by atoms with van der Waals surface area (Å²) in [5.41, 5.74) is 9.94. The van der Waals surface area contributed by atoms with Gasteiger partial charge >= 0.3 is 22.4 Å². The number of aromatic carboxylic acids is 1. The number of carboxylic acid groups (broad SMARTS) is 1. The molecule has 0 atom stereocenters. The van der Waals surface area contributed by atoms with Gasteiger partial charge in [-0.3, -0.25) is 0 Å². The third kappa shape index (κ3) is 8.02. The number of carbonyl (C=O) groups excluding carboxylic acids is 1. The van der Waals surface area contributed by atoms with Crippen LogP contribution in [0.1, 0.15) is 117 Å². The topological polar surface area (TPSA) is 46.6 Å². The number of hydrogen-bond acceptors (Lipinski definition) is 4. The van der Waals surface area contributed by atoms with E-state index >= 15 is 0 Å².